The number of hydrogen-bond acceptors (Lipinski definition) is 3. The van der Waals surface area contributed by atoms with Gasteiger partial charge in [-0.3, -0.25) is 0 Å². The zero-order valence-corrected chi connectivity index (χ0v) is 15.0. The van der Waals surface area contributed by atoms with Crippen LogP contribution in [0.2, 0.25) is 0 Å². The van der Waals surface area contributed by atoms with Crippen molar-refractivity contribution in [3.8, 4) is 0 Å². The molecule has 1 aromatic heterocycles. The molecule has 0 aliphatic carbocycles. The Bertz CT molecular complexity index is 1050. The van der Waals surface area contributed by atoms with Crippen molar-refractivity contribution >= 4 is 10.0 Å². The van der Waals surface area contributed by atoms with Crippen molar-refractivity contribution in [3.63, 3.8) is 0 Å². The fourth-order valence-corrected chi connectivity index (χ4v) is 4.15. The molecule has 136 valence electrons. The van der Waals surface area contributed by atoms with Crippen LogP contribution in [0.15, 0.2) is 59.8 Å². The summed E-state index contributed by atoms with van der Waals surface area (Å²) in [6.45, 7) is 1.50. The predicted octanol–water partition coefficient (Wildman–Crippen LogP) is 3.07. The van der Waals surface area contributed by atoms with Crippen molar-refractivity contribution in [1.29, 1.82) is 0 Å². The molecule has 0 aliphatic heterocycles. The lowest BCUT2D eigenvalue weighted by Crippen LogP contribution is -2.32. The van der Waals surface area contributed by atoms with Crippen LogP contribution in [0, 0.1) is 18.6 Å². The number of aromatic nitrogens is 2. The predicted molar refractivity (Wildman–Crippen MR) is 92.9 cm³/mol. The lowest BCUT2D eigenvalue weighted by molar-refractivity contribution is 0.544. The summed E-state index contributed by atoms with van der Waals surface area (Å²) in [6.07, 6.45) is 3.14. The van der Waals surface area contributed by atoms with Crippen molar-refractivity contribution < 1.29 is 17.2 Å². The molecule has 0 saturated carbocycles. The van der Waals surface area contributed by atoms with Gasteiger partial charge in [-0.25, -0.2) is 22.2 Å². The van der Waals surface area contributed by atoms with Gasteiger partial charge >= 0.3 is 0 Å². The van der Waals surface area contributed by atoms with Crippen LogP contribution in [0.5, 0.6) is 0 Å². The van der Waals surface area contributed by atoms with Crippen LogP contribution in [0.4, 0.5) is 8.78 Å². The Morgan fingerprint density at radius 1 is 1.15 bits per heavy atom. The fourth-order valence-electron chi connectivity index (χ4n) is 2.75. The zero-order chi connectivity index (χ0) is 18.9. The Kier molecular flexibility index (Phi) is 4.88. The van der Waals surface area contributed by atoms with Gasteiger partial charge in [0.15, 0.2) is 0 Å². The second-order valence-corrected chi connectivity index (χ2v) is 7.56. The number of halogens is 2. The standard InChI is InChI=1S/C18H17F2N3O2S/c1-12-11-13(19)7-8-16(12)26(24,25)22-17(18-21-9-10-23(18)2)14-5-3-4-6-15(14)20/h3-11,17,22H,1-2H3. The normalized spacial score (nSPS) is 12.9. The summed E-state index contributed by atoms with van der Waals surface area (Å²) >= 11 is 0. The van der Waals surface area contributed by atoms with Crippen molar-refractivity contribution in [2.75, 3.05) is 0 Å². The largest absolute Gasteiger partial charge is 0.336 e. The molecule has 1 unspecified atom stereocenters. The van der Waals surface area contributed by atoms with Crippen LogP contribution >= 0.6 is 0 Å². The van der Waals surface area contributed by atoms with Crippen molar-refractivity contribution in [2.24, 2.45) is 7.05 Å². The van der Waals surface area contributed by atoms with E-state index in [2.05, 4.69) is 9.71 Å². The number of nitrogens with zero attached hydrogens (tertiary/aromatic N) is 2. The van der Waals surface area contributed by atoms with Gasteiger partial charge in [-0.15, -0.1) is 0 Å². The highest BCUT2D eigenvalue weighted by molar-refractivity contribution is 7.89. The Balaban J connectivity index is 2.09. The fraction of sp³-hybridized carbons (Fsp3) is 0.167. The lowest BCUT2D eigenvalue weighted by Gasteiger charge is -2.20. The topological polar surface area (TPSA) is 64.0 Å². The molecular formula is C18H17F2N3O2S. The summed E-state index contributed by atoms with van der Waals surface area (Å²) in [6, 6.07) is 8.24. The first-order valence-corrected chi connectivity index (χ1v) is 9.28. The van der Waals surface area contributed by atoms with Gasteiger partial charge in [0.1, 0.15) is 23.5 Å². The molecule has 0 radical (unpaired) electrons. The van der Waals surface area contributed by atoms with E-state index in [0.29, 0.717) is 5.82 Å². The van der Waals surface area contributed by atoms with Crippen molar-refractivity contribution in [2.45, 2.75) is 17.9 Å². The Morgan fingerprint density at radius 2 is 1.88 bits per heavy atom. The van der Waals surface area contributed by atoms with Gasteiger partial charge in [0, 0.05) is 25.0 Å². The Morgan fingerprint density at radius 3 is 2.50 bits per heavy atom. The third-order valence-corrected chi connectivity index (χ3v) is 5.62. The van der Waals surface area contributed by atoms with E-state index >= 15 is 0 Å². The zero-order valence-electron chi connectivity index (χ0n) is 14.1. The van der Waals surface area contributed by atoms with E-state index in [1.807, 2.05) is 0 Å². The number of sulfonamides is 1. The van der Waals surface area contributed by atoms with Crippen molar-refractivity contribution in [3.05, 3.63) is 83.4 Å². The second-order valence-electron chi connectivity index (χ2n) is 5.88. The van der Waals surface area contributed by atoms with Crippen LogP contribution in [0.1, 0.15) is 23.0 Å². The highest BCUT2D eigenvalue weighted by atomic mass is 32.2. The SMILES string of the molecule is Cc1cc(F)ccc1S(=O)(=O)NC(c1ccccc1F)c1nccn1C. The van der Waals surface area contributed by atoms with Gasteiger partial charge in [-0.1, -0.05) is 18.2 Å². The third kappa shape index (κ3) is 3.51. The maximum Gasteiger partial charge on any atom is 0.241 e. The average molecular weight is 377 g/mol. The van der Waals surface area contributed by atoms with Gasteiger partial charge in [0.05, 0.1) is 4.90 Å². The van der Waals surface area contributed by atoms with Crippen molar-refractivity contribution in [1.82, 2.24) is 14.3 Å². The number of imidazole rings is 1. The molecule has 1 N–H and O–H groups in total. The molecule has 5 nitrogen and oxygen atoms in total. The number of rotatable bonds is 5. The first-order valence-electron chi connectivity index (χ1n) is 7.80. The smallest absolute Gasteiger partial charge is 0.241 e. The van der Waals surface area contributed by atoms with E-state index in [0.717, 1.165) is 12.1 Å². The van der Waals surface area contributed by atoms with Gasteiger partial charge in [0.2, 0.25) is 10.0 Å². The molecule has 26 heavy (non-hydrogen) atoms. The molecule has 0 amide bonds. The summed E-state index contributed by atoms with van der Waals surface area (Å²) in [7, 11) is -2.36. The third-order valence-electron chi connectivity index (χ3n) is 4.03. The highest BCUT2D eigenvalue weighted by Crippen LogP contribution is 2.26. The molecule has 0 aliphatic rings. The average Bonchev–Trinajstić information content (AvgIpc) is 2.99. The maximum absolute atomic E-state index is 14.4. The monoisotopic (exact) mass is 377 g/mol. The molecule has 0 saturated heterocycles. The van der Waals surface area contributed by atoms with Crippen LogP contribution < -0.4 is 4.72 Å². The van der Waals surface area contributed by atoms with Crippen LogP contribution in [0.3, 0.4) is 0 Å². The first kappa shape index (κ1) is 18.2. The Hall–Kier alpha value is -2.58. The summed E-state index contributed by atoms with van der Waals surface area (Å²) in [5, 5.41) is 0. The highest BCUT2D eigenvalue weighted by Gasteiger charge is 2.28. The lowest BCUT2D eigenvalue weighted by atomic mass is 10.1. The maximum atomic E-state index is 14.4. The molecule has 3 rings (SSSR count). The van der Waals surface area contributed by atoms with E-state index in [1.54, 1.807) is 23.9 Å². The van der Waals surface area contributed by atoms with Crippen LogP contribution in [-0.2, 0) is 17.1 Å². The van der Waals surface area contributed by atoms with E-state index < -0.39 is 27.7 Å². The van der Waals surface area contributed by atoms with Gasteiger partial charge in [0.25, 0.3) is 0 Å². The van der Waals surface area contributed by atoms with Gasteiger partial charge in [-0.05, 0) is 36.8 Å². The molecule has 0 spiro atoms. The molecule has 1 atom stereocenters. The van der Waals surface area contributed by atoms with E-state index in [1.165, 1.54) is 37.4 Å². The summed E-state index contributed by atoms with van der Waals surface area (Å²) < 4.78 is 57.5. The molecule has 1 heterocycles. The quantitative estimate of drug-likeness (QED) is 0.743. The minimum absolute atomic E-state index is 0.0746. The second kappa shape index (κ2) is 6.97. The first-order chi connectivity index (χ1) is 12.3. The summed E-state index contributed by atoms with van der Waals surface area (Å²) in [5.74, 6) is -0.756. The number of aryl methyl sites for hydroxylation is 2. The van der Waals surface area contributed by atoms with Gasteiger partial charge < -0.3 is 4.57 Å². The number of benzene rings is 2. The number of hydrogen-bond donors (Lipinski definition) is 1. The molecule has 3 aromatic rings. The van der Waals surface area contributed by atoms with E-state index in [9.17, 15) is 17.2 Å². The van der Waals surface area contributed by atoms with E-state index in [-0.39, 0.29) is 16.0 Å². The summed E-state index contributed by atoms with van der Waals surface area (Å²) in [4.78, 5) is 4.08. The number of nitrogens with one attached hydrogen (secondary N) is 1. The molecule has 0 bridgehead atoms. The minimum atomic E-state index is -4.05. The van der Waals surface area contributed by atoms with Crippen LogP contribution in [-0.4, -0.2) is 18.0 Å². The Labute approximate surface area is 150 Å². The molecular weight excluding hydrogens is 360 g/mol. The minimum Gasteiger partial charge on any atom is -0.336 e. The molecule has 0 fully saturated rings. The van der Waals surface area contributed by atoms with E-state index in [4.69, 9.17) is 0 Å². The van der Waals surface area contributed by atoms with Crippen LogP contribution in [0.25, 0.3) is 0 Å². The molecule has 8 heteroatoms. The summed E-state index contributed by atoms with van der Waals surface area (Å²) in [5.41, 5.74) is 0.398. The van der Waals surface area contributed by atoms with Gasteiger partial charge in [-0.2, -0.15) is 4.72 Å². The molecule has 2 aromatic carbocycles.